The molecule has 274 valence electrons. The Hall–Kier alpha value is -4.18. The number of methoxy groups -OCH3 is 1. The molecule has 3 atom stereocenters. The van der Waals surface area contributed by atoms with E-state index >= 15 is 0 Å². The maximum absolute atomic E-state index is 14.5. The molecule has 1 aliphatic carbocycles. The molecule has 5 rings (SSSR count). The van der Waals surface area contributed by atoms with E-state index in [4.69, 9.17) is 14.5 Å². The molecule has 0 unspecified atom stereocenters. The summed E-state index contributed by atoms with van der Waals surface area (Å²) < 4.78 is 68.3. The van der Waals surface area contributed by atoms with Crippen molar-refractivity contribution in [2.45, 2.75) is 104 Å². The first kappa shape index (κ1) is 37.1. The van der Waals surface area contributed by atoms with Crippen LogP contribution >= 0.6 is 0 Å². The second-order valence-electron chi connectivity index (χ2n) is 13.8. The summed E-state index contributed by atoms with van der Waals surface area (Å²) in [7, 11) is 1.65. The highest BCUT2D eigenvalue weighted by molar-refractivity contribution is 5.69. The molecule has 3 heterocycles. The summed E-state index contributed by atoms with van der Waals surface area (Å²) >= 11 is 0. The van der Waals surface area contributed by atoms with Crippen LogP contribution in [0.25, 0.3) is 11.4 Å². The van der Waals surface area contributed by atoms with Gasteiger partial charge in [-0.3, -0.25) is 4.79 Å². The van der Waals surface area contributed by atoms with Gasteiger partial charge in [0.2, 0.25) is 5.78 Å². The number of hydrogen-bond donors (Lipinski definition) is 2. The van der Waals surface area contributed by atoms with Gasteiger partial charge in [0.15, 0.2) is 5.82 Å². The van der Waals surface area contributed by atoms with Crippen molar-refractivity contribution < 1.29 is 36.9 Å². The lowest BCUT2D eigenvalue weighted by Gasteiger charge is -2.41. The van der Waals surface area contributed by atoms with Crippen LogP contribution in [0.3, 0.4) is 0 Å². The zero-order valence-electron chi connectivity index (χ0n) is 29.4. The van der Waals surface area contributed by atoms with Crippen LogP contribution < -0.4 is 15.8 Å². The predicted octanol–water partition coefficient (Wildman–Crippen LogP) is 5.38. The summed E-state index contributed by atoms with van der Waals surface area (Å²) in [6.07, 6.45) is -2.34. The van der Waals surface area contributed by atoms with Crippen LogP contribution in [-0.2, 0) is 28.6 Å². The lowest BCUT2D eigenvalue weighted by molar-refractivity contribution is -0.140. The molecule has 2 aromatic heterocycles. The number of aliphatic hydroxyl groups excluding tert-OH is 1. The number of aryl methyl sites for hydroxylation is 1. The minimum Gasteiger partial charge on any atom is -0.444 e. The number of hydrogen-bond acceptors (Lipinski definition) is 9. The fourth-order valence-corrected chi connectivity index (χ4v) is 6.52. The van der Waals surface area contributed by atoms with E-state index in [-0.39, 0.29) is 42.3 Å². The predicted molar refractivity (Wildman–Crippen MR) is 180 cm³/mol. The van der Waals surface area contributed by atoms with Gasteiger partial charge in [0.25, 0.3) is 5.56 Å². The Balaban J connectivity index is 1.55. The maximum atomic E-state index is 14.5. The molecule has 16 heteroatoms. The number of ether oxygens (including phenoxy) is 2. The number of carbonyl (C=O) groups excluding carboxylic acids is 1. The van der Waals surface area contributed by atoms with Crippen LogP contribution in [0.2, 0.25) is 0 Å². The summed E-state index contributed by atoms with van der Waals surface area (Å²) in [5.41, 5.74) is -0.723. The molecule has 1 fully saturated rings. The molecule has 0 bridgehead atoms. The van der Waals surface area contributed by atoms with Gasteiger partial charge in [0.05, 0.1) is 18.2 Å². The molecule has 1 saturated heterocycles. The highest BCUT2D eigenvalue weighted by Gasteiger charge is 2.36. The molecule has 0 saturated carbocycles. The van der Waals surface area contributed by atoms with E-state index in [0.29, 0.717) is 61.7 Å². The number of allylic oxidation sites excluding steroid dienone is 1. The van der Waals surface area contributed by atoms with Crippen molar-refractivity contribution in [2.75, 3.05) is 37.0 Å². The number of rotatable bonds is 8. The van der Waals surface area contributed by atoms with Gasteiger partial charge in [-0.15, -0.1) is 5.10 Å². The Labute approximate surface area is 287 Å². The van der Waals surface area contributed by atoms with Crippen molar-refractivity contribution in [3.8, 4) is 0 Å². The number of nitrogens with one attached hydrogen (secondary N) is 1. The topological polar surface area (TPSA) is 126 Å². The molecular formula is C34H45F4N7O5. The summed E-state index contributed by atoms with van der Waals surface area (Å²) in [4.78, 5) is 35.5. The number of piperazine rings is 1. The third-order valence-electron chi connectivity index (χ3n) is 9.01. The molecule has 0 spiro atoms. The fraction of sp³-hybridized carbons (Fsp3) is 0.588. The Bertz CT molecular complexity index is 1830. The molecule has 1 amide bonds. The lowest BCUT2D eigenvalue weighted by Crippen LogP contribution is -2.56. The van der Waals surface area contributed by atoms with Crippen LogP contribution in [-0.4, -0.2) is 86.0 Å². The first-order valence-corrected chi connectivity index (χ1v) is 16.7. The number of aromatic nitrogens is 4. The summed E-state index contributed by atoms with van der Waals surface area (Å²) in [6, 6.07) is 1.08. The lowest BCUT2D eigenvalue weighted by atomic mass is 9.97. The number of benzene rings is 1. The average Bonchev–Trinajstić information content (AvgIpc) is 3.48. The van der Waals surface area contributed by atoms with Crippen molar-refractivity contribution >= 4 is 28.8 Å². The first-order valence-electron chi connectivity index (χ1n) is 16.7. The number of fused-ring (bicyclic) bond motifs is 1. The monoisotopic (exact) mass is 707 g/mol. The van der Waals surface area contributed by atoms with E-state index in [9.17, 15) is 32.3 Å². The zero-order chi connectivity index (χ0) is 36.7. The highest BCUT2D eigenvalue weighted by atomic mass is 19.4. The van der Waals surface area contributed by atoms with Crippen molar-refractivity contribution in [1.82, 2.24) is 24.1 Å². The summed E-state index contributed by atoms with van der Waals surface area (Å²) in [5, 5.41) is 18.6. The van der Waals surface area contributed by atoms with Gasteiger partial charge in [-0.2, -0.15) is 22.7 Å². The summed E-state index contributed by atoms with van der Waals surface area (Å²) in [6.45, 7) is 11.2. The Morgan fingerprint density at radius 3 is 2.50 bits per heavy atom. The van der Waals surface area contributed by atoms with Gasteiger partial charge in [0, 0.05) is 44.2 Å². The van der Waals surface area contributed by atoms with Gasteiger partial charge < -0.3 is 34.3 Å². The number of amides is 1. The van der Waals surface area contributed by atoms with Gasteiger partial charge in [-0.1, -0.05) is 13.0 Å². The number of halogens is 4. The van der Waals surface area contributed by atoms with E-state index in [1.54, 1.807) is 37.3 Å². The smallest absolute Gasteiger partial charge is 0.419 e. The van der Waals surface area contributed by atoms with Crippen molar-refractivity contribution in [2.24, 2.45) is 0 Å². The number of carbonyl (C=O) groups is 1. The number of alkyl halides is 3. The second kappa shape index (κ2) is 14.2. The number of nitrogens with zero attached hydrogens (tertiary/aromatic N) is 6. The van der Waals surface area contributed by atoms with Crippen LogP contribution in [0.1, 0.15) is 76.5 Å². The zero-order valence-corrected chi connectivity index (χ0v) is 29.4. The number of anilines is 2. The standard InChI is InChI=1S/C34H45F4N7O5/c1-8-26-28(42-13-14-43(20(3)17-42)32(48)50-33(4,5)6)30(47)45-31(40-29(41-45)21-9-11-22(49-7)12-10-21)44(26)18-27(46)39-25-16-24(35)23(15-19(25)2)34(36,37)38/h9,15-16,20,22,27,39,46H,8,10-14,17-18H2,1-7H3/t20-,22+,27-/m1/s1. The maximum Gasteiger partial charge on any atom is 0.419 e. The minimum atomic E-state index is -4.88. The van der Waals surface area contributed by atoms with Crippen LogP contribution in [0.15, 0.2) is 23.0 Å². The van der Waals surface area contributed by atoms with Gasteiger partial charge >= 0.3 is 12.3 Å². The van der Waals surface area contributed by atoms with Crippen LogP contribution in [0.4, 0.5) is 33.7 Å². The molecule has 1 aliphatic heterocycles. The number of aliphatic hydroxyl groups is 1. The van der Waals surface area contributed by atoms with Crippen molar-refractivity contribution in [3.05, 3.63) is 57.0 Å². The third kappa shape index (κ3) is 7.75. The molecule has 2 N–H and O–H groups in total. The molecule has 50 heavy (non-hydrogen) atoms. The van der Waals surface area contributed by atoms with E-state index in [0.717, 1.165) is 12.0 Å². The highest BCUT2D eigenvalue weighted by Crippen LogP contribution is 2.34. The van der Waals surface area contributed by atoms with Crippen LogP contribution in [0.5, 0.6) is 0 Å². The quantitative estimate of drug-likeness (QED) is 0.235. The fourth-order valence-electron chi connectivity index (χ4n) is 6.52. The Kier molecular flexibility index (Phi) is 10.5. The van der Waals surface area contributed by atoms with E-state index in [1.165, 1.54) is 11.4 Å². The van der Waals surface area contributed by atoms with E-state index in [1.807, 2.05) is 24.8 Å². The molecule has 3 aromatic rings. The third-order valence-corrected chi connectivity index (χ3v) is 9.01. The summed E-state index contributed by atoms with van der Waals surface area (Å²) in [5.74, 6) is -0.953. The molecular weight excluding hydrogens is 662 g/mol. The van der Waals surface area contributed by atoms with Gasteiger partial charge in [0.1, 0.15) is 23.3 Å². The van der Waals surface area contributed by atoms with E-state index < -0.39 is 41.0 Å². The van der Waals surface area contributed by atoms with Crippen molar-refractivity contribution in [3.63, 3.8) is 0 Å². The normalized spacial score (nSPS) is 19.5. The second-order valence-corrected chi connectivity index (χ2v) is 13.8. The molecule has 12 nitrogen and oxygen atoms in total. The average molecular weight is 708 g/mol. The minimum absolute atomic E-state index is 0.0207. The molecule has 1 aromatic carbocycles. The Morgan fingerprint density at radius 1 is 1.20 bits per heavy atom. The largest absolute Gasteiger partial charge is 0.444 e. The molecule has 0 radical (unpaired) electrons. The van der Waals surface area contributed by atoms with Crippen molar-refractivity contribution in [1.29, 1.82) is 0 Å². The van der Waals surface area contributed by atoms with E-state index in [2.05, 4.69) is 10.4 Å². The van der Waals surface area contributed by atoms with Crippen LogP contribution in [0, 0.1) is 12.7 Å². The SMILES string of the molecule is CCc1c(N2CCN(C(=O)OC(C)(C)C)[C@H](C)C2)c(=O)n2nc(C3=CC[C@H](OC)CC3)nc2n1C[C@@H](O)Nc1cc(F)c(C(F)(F)F)cc1C. The Morgan fingerprint density at radius 2 is 1.92 bits per heavy atom. The first-order chi connectivity index (χ1) is 23.4. The molecule has 2 aliphatic rings. The van der Waals surface area contributed by atoms with Gasteiger partial charge in [-0.05, 0) is 83.6 Å². The van der Waals surface area contributed by atoms with Gasteiger partial charge in [-0.25, -0.2) is 9.18 Å².